The Hall–Kier alpha value is -1.93. The molecular formula is C25H32NS+. The van der Waals surface area contributed by atoms with Gasteiger partial charge >= 0.3 is 0 Å². The van der Waals surface area contributed by atoms with E-state index in [0.717, 1.165) is 25.0 Å². The molecule has 3 rings (SSSR count). The molecule has 0 bridgehead atoms. The minimum Gasteiger partial charge on any atom is -0.170 e. The van der Waals surface area contributed by atoms with Crippen LogP contribution in [-0.2, 0) is 11.8 Å². The van der Waals surface area contributed by atoms with Crippen LogP contribution in [0.4, 0.5) is 0 Å². The second-order valence-corrected chi connectivity index (χ2v) is 8.53. The van der Waals surface area contributed by atoms with Gasteiger partial charge in [0.1, 0.15) is 11.6 Å². The quantitative estimate of drug-likeness (QED) is 0.459. The number of hydrogen-bond acceptors (Lipinski definition) is 1. The van der Waals surface area contributed by atoms with Crippen molar-refractivity contribution in [3.8, 4) is 0 Å². The number of rotatable bonds is 6. The molecule has 1 nitrogen and oxygen atoms in total. The van der Waals surface area contributed by atoms with E-state index in [1.165, 1.54) is 44.6 Å². The molecule has 2 heteroatoms. The highest BCUT2D eigenvalue weighted by atomic mass is 32.1. The van der Waals surface area contributed by atoms with Gasteiger partial charge in [-0.15, -0.1) is 11.3 Å². The fourth-order valence-corrected chi connectivity index (χ4v) is 5.77. The molecule has 2 heterocycles. The Bertz CT molecular complexity index is 935. The van der Waals surface area contributed by atoms with Crippen molar-refractivity contribution in [2.45, 2.75) is 65.2 Å². The van der Waals surface area contributed by atoms with Gasteiger partial charge in [0.2, 0.25) is 5.70 Å². The van der Waals surface area contributed by atoms with Gasteiger partial charge in [0.25, 0.3) is 0 Å². The van der Waals surface area contributed by atoms with Gasteiger partial charge in [0.05, 0.1) is 5.41 Å². The maximum atomic E-state index is 4.50. The summed E-state index contributed by atoms with van der Waals surface area (Å²) < 4.78 is 3.47. The van der Waals surface area contributed by atoms with Gasteiger partial charge in [-0.25, -0.2) is 0 Å². The van der Waals surface area contributed by atoms with Crippen LogP contribution >= 0.6 is 11.3 Å². The third kappa shape index (κ3) is 3.14. The van der Waals surface area contributed by atoms with E-state index in [9.17, 15) is 0 Å². The van der Waals surface area contributed by atoms with Gasteiger partial charge < -0.3 is 0 Å². The van der Waals surface area contributed by atoms with Crippen LogP contribution in [0.5, 0.6) is 0 Å². The summed E-state index contributed by atoms with van der Waals surface area (Å²) in [7, 11) is 0. The van der Waals surface area contributed by atoms with E-state index >= 15 is 0 Å². The molecule has 0 saturated carbocycles. The van der Waals surface area contributed by atoms with E-state index in [-0.39, 0.29) is 5.41 Å². The SMILES string of the molecule is C=C1[N+](=C)C(=CC=CC)c2sc3cc(CCCC)ccc3c2C1(CC)CC. The Morgan fingerprint density at radius 3 is 2.56 bits per heavy atom. The molecule has 1 aliphatic rings. The Morgan fingerprint density at radius 2 is 1.93 bits per heavy atom. The van der Waals surface area contributed by atoms with E-state index in [0.29, 0.717) is 0 Å². The summed E-state index contributed by atoms with van der Waals surface area (Å²) >= 11 is 1.92. The summed E-state index contributed by atoms with van der Waals surface area (Å²) in [5.74, 6) is 0. The molecule has 0 radical (unpaired) electrons. The molecule has 0 N–H and O–H groups in total. The summed E-state index contributed by atoms with van der Waals surface area (Å²) in [5.41, 5.74) is 5.17. The van der Waals surface area contributed by atoms with Crippen molar-refractivity contribution in [1.82, 2.24) is 0 Å². The lowest BCUT2D eigenvalue weighted by Gasteiger charge is -2.35. The van der Waals surface area contributed by atoms with Gasteiger partial charge in [0.15, 0.2) is 5.70 Å². The fourth-order valence-electron chi connectivity index (χ4n) is 4.37. The van der Waals surface area contributed by atoms with Gasteiger partial charge in [-0.2, -0.15) is 4.58 Å². The van der Waals surface area contributed by atoms with E-state index in [4.69, 9.17) is 0 Å². The van der Waals surface area contributed by atoms with Crippen molar-refractivity contribution in [3.63, 3.8) is 0 Å². The molecule has 1 aromatic carbocycles. The van der Waals surface area contributed by atoms with E-state index in [2.05, 4.69) is 82.0 Å². The lowest BCUT2D eigenvalue weighted by atomic mass is 9.70. The summed E-state index contributed by atoms with van der Waals surface area (Å²) in [5, 5.41) is 1.40. The molecule has 0 spiro atoms. The summed E-state index contributed by atoms with van der Waals surface area (Å²) in [4.78, 5) is 1.36. The van der Waals surface area contributed by atoms with E-state index in [1.807, 2.05) is 11.3 Å². The first-order valence-electron chi connectivity index (χ1n) is 10.2. The largest absolute Gasteiger partial charge is 0.227 e. The van der Waals surface area contributed by atoms with Gasteiger partial charge in [-0.05, 0) is 56.2 Å². The molecule has 2 aromatic rings. The number of allylic oxidation sites excluding steroid dienone is 4. The molecule has 0 fully saturated rings. The fraction of sp³-hybridized carbons (Fsp3) is 0.400. The monoisotopic (exact) mass is 378 g/mol. The van der Waals surface area contributed by atoms with Crippen molar-refractivity contribution in [2.24, 2.45) is 0 Å². The third-order valence-electron chi connectivity index (χ3n) is 6.11. The first-order valence-corrected chi connectivity index (χ1v) is 11.0. The summed E-state index contributed by atoms with van der Waals surface area (Å²) in [6.45, 7) is 17.7. The Balaban J connectivity index is 2.31. The number of thiophene rings is 1. The molecule has 1 aliphatic heterocycles. The topological polar surface area (TPSA) is 3.01 Å². The minimum absolute atomic E-state index is 0.0342. The standard InChI is InChI=1S/C25H32NS/c1-7-11-13-19-15-16-20-22(17-19)27-24-21(14-12-8-2)26(6)18(5)25(9-3,10-4)23(20)24/h8,12,14-17H,5-7,9-11,13H2,1-4H3/q+1. The van der Waals surface area contributed by atoms with Crippen LogP contribution in [0.2, 0.25) is 0 Å². The first kappa shape index (κ1) is 19.8. The molecule has 0 aliphatic carbocycles. The Labute approximate surface area is 168 Å². The zero-order chi connectivity index (χ0) is 19.6. The molecule has 0 atom stereocenters. The van der Waals surface area contributed by atoms with Crippen LogP contribution in [-0.4, -0.2) is 11.3 Å². The molecule has 0 saturated heterocycles. The van der Waals surface area contributed by atoms with Crippen molar-refractivity contribution >= 4 is 33.8 Å². The highest BCUT2D eigenvalue weighted by molar-refractivity contribution is 7.20. The molecule has 27 heavy (non-hydrogen) atoms. The Kier molecular flexibility index (Phi) is 5.86. The Morgan fingerprint density at radius 1 is 1.19 bits per heavy atom. The highest BCUT2D eigenvalue weighted by Crippen LogP contribution is 2.53. The van der Waals surface area contributed by atoms with Gasteiger partial charge in [-0.1, -0.05) is 51.5 Å². The van der Waals surface area contributed by atoms with Crippen molar-refractivity contribution in [1.29, 1.82) is 0 Å². The van der Waals surface area contributed by atoms with Crippen molar-refractivity contribution < 1.29 is 4.58 Å². The first-order chi connectivity index (χ1) is 13.0. The molecule has 1 aromatic heterocycles. The van der Waals surface area contributed by atoms with E-state index < -0.39 is 0 Å². The van der Waals surface area contributed by atoms with Crippen LogP contribution < -0.4 is 0 Å². The lowest BCUT2D eigenvalue weighted by Crippen LogP contribution is -2.36. The normalized spacial score (nSPS) is 18.0. The van der Waals surface area contributed by atoms with Crippen LogP contribution in [0.25, 0.3) is 15.8 Å². The molecule has 142 valence electrons. The minimum atomic E-state index is -0.0342. The van der Waals surface area contributed by atoms with Gasteiger partial charge in [-0.3, -0.25) is 0 Å². The number of benzene rings is 1. The third-order valence-corrected chi connectivity index (χ3v) is 7.28. The van der Waals surface area contributed by atoms with Crippen molar-refractivity contribution in [2.75, 3.05) is 0 Å². The lowest BCUT2D eigenvalue weighted by molar-refractivity contribution is -0.380. The maximum Gasteiger partial charge on any atom is 0.227 e. The zero-order valence-electron chi connectivity index (χ0n) is 17.3. The number of hydrogen-bond donors (Lipinski definition) is 0. The average molecular weight is 379 g/mol. The molecule has 0 amide bonds. The number of nitrogens with zero attached hydrogens (tertiary/aromatic N) is 1. The summed E-state index contributed by atoms with van der Waals surface area (Å²) in [6, 6.07) is 7.10. The van der Waals surface area contributed by atoms with E-state index in [1.54, 1.807) is 0 Å². The smallest absolute Gasteiger partial charge is 0.170 e. The van der Waals surface area contributed by atoms with Crippen LogP contribution in [0.15, 0.2) is 48.7 Å². The highest BCUT2D eigenvalue weighted by Gasteiger charge is 2.48. The second kappa shape index (κ2) is 7.98. The van der Waals surface area contributed by atoms with Crippen LogP contribution in [0.1, 0.15) is 69.4 Å². The predicted molar refractivity (Wildman–Crippen MR) is 122 cm³/mol. The molecular weight excluding hydrogens is 346 g/mol. The second-order valence-electron chi connectivity index (χ2n) is 7.48. The predicted octanol–water partition coefficient (Wildman–Crippen LogP) is 7.46. The van der Waals surface area contributed by atoms with Crippen LogP contribution in [0, 0.1) is 0 Å². The average Bonchev–Trinajstić information content (AvgIpc) is 3.06. The maximum absolute atomic E-state index is 4.50. The number of unbranched alkanes of at least 4 members (excludes halogenated alkanes) is 1. The van der Waals surface area contributed by atoms with Crippen LogP contribution in [0.3, 0.4) is 0 Å². The van der Waals surface area contributed by atoms with Crippen molar-refractivity contribution in [3.05, 3.63) is 64.7 Å². The zero-order valence-corrected chi connectivity index (χ0v) is 18.1. The molecule has 0 unspecified atom stereocenters. The van der Waals surface area contributed by atoms with Gasteiger partial charge in [0, 0.05) is 16.3 Å². The summed E-state index contributed by atoms with van der Waals surface area (Å²) in [6.07, 6.45) is 12.1. The number of aryl methyl sites for hydroxylation is 1. The number of fused-ring (bicyclic) bond motifs is 3.